The number of aromatic nitrogens is 2. The van der Waals surface area contributed by atoms with Crippen molar-refractivity contribution in [2.45, 2.75) is 97.1 Å². The van der Waals surface area contributed by atoms with E-state index in [2.05, 4.69) is 14.5 Å². The minimum atomic E-state index is -1.63. The molecule has 0 radical (unpaired) electrons. The van der Waals surface area contributed by atoms with Crippen molar-refractivity contribution in [3.05, 3.63) is 44.5 Å². The van der Waals surface area contributed by atoms with E-state index < -0.39 is 44.3 Å². The van der Waals surface area contributed by atoms with E-state index in [-0.39, 0.29) is 51.3 Å². The van der Waals surface area contributed by atoms with Crippen LogP contribution in [-0.2, 0) is 28.0 Å². The number of nitriles is 1. The maximum absolute atomic E-state index is 12.7. The second kappa shape index (κ2) is 16.8. The zero-order valence-electron chi connectivity index (χ0n) is 23.4. The van der Waals surface area contributed by atoms with Gasteiger partial charge in [0.05, 0.1) is 24.7 Å². The van der Waals surface area contributed by atoms with Crippen molar-refractivity contribution in [2.24, 2.45) is 0 Å². The molecule has 0 spiro atoms. The molecule has 1 saturated heterocycles. The average molecular weight is 570 g/mol. The smallest absolute Gasteiger partial charge is 0.330 e. The fraction of sp³-hybridized carbons (Fsp3) is 0.760. The predicted molar refractivity (Wildman–Crippen MR) is 143 cm³/mol. The fourth-order valence-electron chi connectivity index (χ4n) is 4.10. The van der Waals surface area contributed by atoms with Crippen molar-refractivity contribution in [1.82, 2.24) is 14.2 Å². The van der Waals surface area contributed by atoms with Gasteiger partial charge >= 0.3 is 5.69 Å². The quantitative estimate of drug-likeness (QED) is 0.129. The summed E-state index contributed by atoms with van der Waals surface area (Å²) in [5.74, 6) is 0. The van der Waals surface area contributed by atoms with Gasteiger partial charge in [0.15, 0.2) is 6.23 Å². The third-order valence-corrected chi connectivity index (χ3v) is 7.96. The molecule has 1 aliphatic heterocycles. The molecule has 1 aliphatic rings. The normalized spacial score (nSPS) is 22.7. The van der Waals surface area contributed by atoms with E-state index in [9.17, 15) is 9.59 Å². The number of rotatable bonds is 17. The lowest BCUT2D eigenvalue weighted by Crippen LogP contribution is -2.42. The number of H-pyrrole nitrogens is 1. The summed E-state index contributed by atoms with van der Waals surface area (Å²) in [6.45, 7) is 19.1. The molecule has 0 bridgehead atoms. The van der Waals surface area contributed by atoms with E-state index in [0.29, 0.717) is 6.42 Å². The van der Waals surface area contributed by atoms with Crippen molar-refractivity contribution < 1.29 is 28.0 Å². The fourth-order valence-corrected chi connectivity index (χ4v) is 5.86. The molecule has 1 aromatic heterocycles. The number of ether oxygens (including phenoxy) is 4. The highest BCUT2D eigenvalue weighted by molar-refractivity contribution is 7.44. The van der Waals surface area contributed by atoms with Crippen LogP contribution in [0.15, 0.2) is 21.9 Å². The molecular weight excluding hydrogens is 529 g/mol. The number of hydrogen-bond donors (Lipinski definition) is 1. The molecule has 1 aromatic rings. The Labute approximate surface area is 230 Å². The van der Waals surface area contributed by atoms with Gasteiger partial charge in [0.25, 0.3) is 14.1 Å². The van der Waals surface area contributed by atoms with Crippen LogP contribution in [0.5, 0.6) is 0 Å². The summed E-state index contributed by atoms with van der Waals surface area (Å²) >= 11 is 0. The van der Waals surface area contributed by atoms with Crippen molar-refractivity contribution in [1.29, 1.82) is 5.26 Å². The van der Waals surface area contributed by atoms with E-state index in [4.69, 9.17) is 39.8 Å². The molecule has 0 saturated carbocycles. The van der Waals surface area contributed by atoms with Crippen LogP contribution < -0.4 is 11.2 Å². The molecule has 13 nitrogen and oxygen atoms in total. The van der Waals surface area contributed by atoms with Crippen LogP contribution in [-0.4, -0.2) is 77.5 Å². The van der Waals surface area contributed by atoms with E-state index in [1.165, 1.54) is 16.8 Å². The number of aromatic amines is 1. The van der Waals surface area contributed by atoms with Crippen LogP contribution in [0.1, 0.15) is 60.6 Å². The Morgan fingerprint density at radius 2 is 1.95 bits per heavy atom. The zero-order chi connectivity index (χ0) is 28.9. The number of nitrogens with zero attached hydrogens (tertiary/aromatic N) is 4. The van der Waals surface area contributed by atoms with Gasteiger partial charge < -0.3 is 32.8 Å². The van der Waals surface area contributed by atoms with Gasteiger partial charge in [0, 0.05) is 24.3 Å². The Balaban J connectivity index is 2.34. The van der Waals surface area contributed by atoms with Crippen molar-refractivity contribution in [3.63, 3.8) is 0 Å². The third-order valence-electron chi connectivity index (χ3n) is 5.84. The maximum Gasteiger partial charge on any atom is 0.330 e. The largest absolute Gasteiger partial charge is 0.351 e. The highest BCUT2D eigenvalue weighted by Crippen LogP contribution is 2.50. The SMILES string of the molecule is [C-]#[N+]CCOP(O[C@H]1C(CC)OC(n2ccc(=O)[nH]c2=O)C1OCOCOC(C)CC#N)N(C(C)C)C(C)C. The van der Waals surface area contributed by atoms with Crippen LogP contribution in [0, 0.1) is 17.9 Å². The minimum Gasteiger partial charge on any atom is -0.351 e. The van der Waals surface area contributed by atoms with E-state index >= 15 is 0 Å². The van der Waals surface area contributed by atoms with Crippen LogP contribution in [0.3, 0.4) is 0 Å². The first kappa shape index (κ1) is 33.0. The molecule has 218 valence electrons. The van der Waals surface area contributed by atoms with E-state index in [1.54, 1.807) is 6.92 Å². The molecule has 14 heteroatoms. The van der Waals surface area contributed by atoms with Crippen molar-refractivity contribution in [3.8, 4) is 6.07 Å². The Kier molecular flexibility index (Phi) is 14.2. The lowest BCUT2D eigenvalue weighted by atomic mass is 10.1. The number of hydrogen-bond acceptors (Lipinski definition) is 10. The highest BCUT2D eigenvalue weighted by Gasteiger charge is 2.49. The lowest BCUT2D eigenvalue weighted by Gasteiger charge is -2.38. The lowest BCUT2D eigenvalue weighted by molar-refractivity contribution is -0.182. The first-order valence-electron chi connectivity index (χ1n) is 13.0. The van der Waals surface area contributed by atoms with Crippen LogP contribution in [0.4, 0.5) is 0 Å². The first-order valence-corrected chi connectivity index (χ1v) is 14.1. The van der Waals surface area contributed by atoms with Crippen molar-refractivity contribution in [2.75, 3.05) is 26.7 Å². The Morgan fingerprint density at radius 1 is 1.23 bits per heavy atom. The van der Waals surface area contributed by atoms with Gasteiger partial charge in [-0.3, -0.25) is 14.3 Å². The van der Waals surface area contributed by atoms with Crippen molar-refractivity contribution >= 4 is 8.53 Å². The standard InChI is InChI=1S/C25H40N5O8P/c1-8-20-22(38-39(36-14-12-27-7)30(17(2)3)18(4)5)23(35-16-33-15-34-19(6)9-11-26)24(37-20)29-13-10-21(31)28-25(29)32/h10,13,17-20,22-24H,8-9,12,14-16H2,1-6H3,(H,28,31,32)/t19?,20?,22-,23?,24?,39?/m0/s1. The Bertz CT molecular complexity index is 1060. The molecule has 1 fully saturated rings. The molecular formula is C25H40N5O8P. The summed E-state index contributed by atoms with van der Waals surface area (Å²) in [7, 11) is -1.63. The van der Waals surface area contributed by atoms with Gasteiger partial charge in [-0.1, -0.05) is 6.92 Å². The zero-order valence-corrected chi connectivity index (χ0v) is 24.3. The summed E-state index contributed by atoms with van der Waals surface area (Å²) in [5, 5.41) is 8.78. The Morgan fingerprint density at radius 3 is 2.54 bits per heavy atom. The minimum absolute atomic E-state index is 0.0827. The predicted octanol–water partition coefficient (Wildman–Crippen LogP) is 3.15. The molecule has 5 unspecified atom stereocenters. The second-order valence-electron chi connectivity index (χ2n) is 9.49. The van der Waals surface area contributed by atoms with E-state index in [0.717, 1.165) is 0 Å². The summed E-state index contributed by atoms with van der Waals surface area (Å²) in [4.78, 5) is 30.0. The third kappa shape index (κ3) is 9.75. The highest BCUT2D eigenvalue weighted by atomic mass is 31.2. The molecule has 0 aromatic carbocycles. The van der Waals surface area contributed by atoms with Gasteiger partial charge in [-0.05, 0) is 41.0 Å². The van der Waals surface area contributed by atoms with Gasteiger partial charge in [0.2, 0.25) is 6.54 Å². The average Bonchev–Trinajstić information content (AvgIpc) is 3.20. The van der Waals surface area contributed by atoms with Gasteiger partial charge in [-0.25, -0.2) is 16.0 Å². The van der Waals surface area contributed by atoms with Crippen LogP contribution >= 0.6 is 8.53 Å². The molecule has 2 heterocycles. The molecule has 6 atom stereocenters. The summed E-state index contributed by atoms with van der Waals surface area (Å²) in [6.07, 6.45) is -1.04. The molecule has 1 N–H and O–H groups in total. The maximum atomic E-state index is 12.7. The van der Waals surface area contributed by atoms with Gasteiger partial charge in [-0.15, -0.1) is 0 Å². The first-order chi connectivity index (χ1) is 18.6. The summed E-state index contributed by atoms with van der Waals surface area (Å²) in [6, 6.07) is 3.43. The topological polar surface area (TPSA) is 142 Å². The molecule has 0 amide bonds. The van der Waals surface area contributed by atoms with Gasteiger partial charge in [-0.2, -0.15) is 5.26 Å². The van der Waals surface area contributed by atoms with Gasteiger partial charge in [0.1, 0.15) is 32.4 Å². The number of nitrogens with one attached hydrogen (secondary N) is 1. The van der Waals surface area contributed by atoms with E-state index in [1.807, 2.05) is 40.7 Å². The molecule has 39 heavy (non-hydrogen) atoms. The summed E-state index contributed by atoms with van der Waals surface area (Å²) in [5.41, 5.74) is -1.17. The second-order valence-corrected chi connectivity index (χ2v) is 10.9. The van der Waals surface area contributed by atoms with Crippen LogP contribution in [0.25, 0.3) is 4.85 Å². The van der Waals surface area contributed by atoms with Crippen LogP contribution in [0.2, 0.25) is 0 Å². The monoisotopic (exact) mass is 569 g/mol. The molecule has 0 aliphatic carbocycles. The summed E-state index contributed by atoms with van der Waals surface area (Å²) < 4.78 is 39.3. The Hall–Kier alpha value is -2.19. The molecule has 2 rings (SSSR count).